The molecule has 0 aromatic carbocycles. The second-order valence-corrected chi connectivity index (χ2v) is 4.24. The van der Waals surface area contributed by atoms with E-state index in [4.69, 9.17) is 4.42 Å². The maximum atomic E-state index is 12.3. The number of hydrogen-bond donors (Lipinski definition) is 2. The number of anilines is 1. The number of halogens is 3. The number of hydrogen-bond acceptors (Lipinski definition) is 4. The maximum absolute atomic E-state index is 12.3. The Morgan fingerprint density at radius 1 is 1.41 bits per heavy atom. The zero-order valence-corrected chi connectivity index (χ0v) is 11.3. The summed E-state index contributed by atoms with van der Waals surface area (Å²) in [7, 11) is 1.37. The Labute approximate surface area is 122 Å². The third-order valence-electron chi connectivity index (χ3n) is 2.66. The van der Waals surface area contributed by atoms with Crippen LogP contribution in [0.4, 0.5) is 18.9 Å². The summed E-state index contributed by atoms with van der Waals surface area (Å²) < 4.78 is 42.8. The van der Waals surface area contributed by atoms with Crippen molar-refractivity contribution < 1.29 is 27.2 Å². The lowest BCUT2D eigenvalue weighted by molar-refractivity contribution is -0.167. The van der Waals surface area contributed by atoms with Gasteiger partial charge in [-0.25, -0.2) is 0 Å². The third-order valence-corrected chi connectivity index (χ3v) is 2.66. The van der Waals surface area contributed by atoms with Gasteiger partial charge in [0.2, 0.25) is 0 Å². The molecule has 22 heavy (non-hydrogen) atoms. The molecule has 7 nitrogen and oxygen atoms in total. The fraction of sp³-hybridized carbons (Fsp3) is 0.250. The number of aryl methyl sites for hydroxylation is 1. The van der Waals surface area contributed by atoms with E-state index in [-0.39, 0.29) is 17.9 Å². The first-order valence-corrected chi connectivity index (χ1v) is 6.00. The Morgan fingerprint density at radius 2 is 2.14 bits per heavy atom. The van der Waals surface area contributed by atoms with E-state index in [0.717, 1.165) is 10.9 Å². The van der Waals surface area contributed by atoms with Crippen LogP contribution in [0.2, 0.25) is 0 Å². The van der Waals surface area contributed by atoms with Gasteiger partial charge in [0.05, 0.1) is 24.7 Å². The first-order valence-electron chi connectivity index (χ1n) is 6.00. The number of aromatic nitrogens is 2. The van der Waals surface area contributed by atoms with Crippen molar-refractivity contribution in [2.75, 3.05) is 5.32 Å². The Morgan fingerprint density at radius 3 is 2.73 bits per heavy atom. The molecular weight excluding hydrogens is 305 g/mol. The molecule has 2 aromatic heterocycles. The van der Waals surface area contributed by atoms with Crippen LogP contribution < -0.4 is 10.6 Å². The fourth-order valence-corrected chi connectivity index (χ4v) is 1.66. The second-order valence-electron chi connectivity index (χ2n) is 4.24. The van der Waals surface area contributed by atoms with E-state index in [9.17, 15) is 22.8 Å². The van der Waals surface area contributed by atoms with Crippen LogP contribution in [0.15, 0.2) is 29.0 Å². The molecule has 0 aliphatic rings. The second kappa shape index (κ2) is 5.92. The predicted octanol–water partition coefficient (Wildman–Crippen LogP) is 1.44. The van der Waals surface area contributed by atoms with Crippen molar-refractivity contribution in [3.8, 4) is 0 Å². The van der Waals surface area contributed by atoms with E-state index >= 15 is 0 Å². The zero-order valence-electron chi connectivity index (χ0n) is 11.3. The molecule has 2 N–H and O–H groups in total. The molecule has 10 heteroatoms. The minimum absolute atomic E-state index is 0.0453. The van der Waals surface area contributed by atoms with Crippen LogP contribution in [-0.4, -0.2) is 27.8 Å². The average Bonchev–Trinajstić information content (AvgIpc) is 3.05. The molecule has 0 spiro atoms. The molecule has 0 fully saturated rings. The summed E-state index contributed by atoms with van der Waals surface area (Å²) in [4.78, 5) is 23.0. The van der Waals surface area contributed by atoms with Gasteiger partial charge < -0.3 is 15.1 Å². The smallest absolute Gasteiger partial charge is 0.467 e. The monoisotopic (exact) mass is 316 g/mol. The molecule has 2 rings (SSSR count). The van der Waals surface area contributed by atoms with E-state index < -0.39 is 18.0 Å². The SMILES string of the molecule is Cn1ncc(NC(=O)C(F)(F)F)c1C(=O)NCc1ccco1. The zero-order chi connectivity index (χ0) is 16.3. The van der Waals surface area contributed by atoms with Crippen LogP contribution in [-0.2, 0) is 18.4 Å². The lowest BCUT2D eigenvalue weighted by Crippen LogP contribution is -2.32. The van der Waals surface area contributed by atoms with Gasteiger partial charge in [-0.05, 0) is 12.1 Å². The van der Waals surface area contributed by atoms with Crippen molar-refractivity contribution in [3.05, 3.63) is 36.0 Å². The number of rotatable bonds is 4. The van der Waals surface area contributed by atoms with Crippen molar-refractivity contribution >= 4 is 17.5 Å². The summed E-state index contributed by atoms with van der Waals surface area (Å²) in [5.74, 6) is -2.41. The Hall–Kier alpha value is -2.78. The highest BCUT2D eigenvalue weighted by Gasteiger charge is 2.39. The number of nitrogens with one attached hydrogen (secondary N) is 2. The molecule has 0 saturated carbocycles. The van der Waals surface area contributed by atoms with Gasteiger partial charge in [0.25, 0.3) is 5.91 Å². The van der Waals surface area contributed by atoms with Crippen LogP contribution in [0.3, 0.4) is 0 Å². The number of furan rings is 1. The molecule has 0 saturated heterocycles. The van der Waals surface area contributed by atoms with Crippen LogP contribution in [0.25, 0.3) is 0 Å². The molecule has 0 unspecified atom stereocenters. The van der Waals surface area contributed by atoms with Crippen LogP contribution in [0, 0.1) is 0 Å². The average molecular weight is 316 g/mol. The normalized spacial score (nSPS) is 11.3. The maximum Gasteiger partial charge on any atom is 0.471 e. The van der Waals surface area contributed by atoms with Crippen molar-refractivity contribution in [3.63, 3.8) is 0 Å². The third kappa shape index (κ3) is 3.45. The van der Waals surface area contributed by atoms with Crippen LogP contribution >= 0.6 is 0 Å². The van der Waals surface area contributed by atoms with Gasteiger partial charge in [0.15, 0.2) is 0 Å². The summed E-state index contributed by atoms with van der Waals surface area (Å²) in [6.07, 6.45) is -2.68. The van der Waals surface area contributed by atoms with Gasteiger partial charge >= 0.3 is 12.1 Å². The summed E-state index contributed by atoms with van der Waals surface area (Å²) in [6, 6.07) is 3.25. The lowest BCUT2D eigenvalue weighted by Gasteiger charge is -2.09. The fourth-order valence-electron chi connectivity index (χ4n) is 1.66. The molecule has 0 aliphatic heterocycles. The Bertz CT molecular complexity index is 676. The summed E-state index contributed by atoms with van der Waals surface area (Å²) >= 11 is 0. The number of carbonyl (C=O) groups is 2. The first kappa shape index (κ1) is 15.6. The van der Waals surface area contributed by atoms with Gasteiger partial charge in [0, 0.05) is 7.05 Å². The van der Waals surface area contributed by atoms with E-state index in [1.807, 2.05) is 0 Å². The minimum Gasteiger partial charge on any atom is -0.467 e. The highest BCUT2D eigenvalue weighted by atomic mass is 19.4. The minimum atomic E-state index is -5.06. The van der Waals surface area contributed by atoms with Gasteiger partial charge in [-0.1, -0.05) is 0 Å². The van der Waals surface area contributed by atoms with Crippen molar-refractivity contribution in [1.29, 1.82) is 0 Å². The number of nitrogens with zero attached hydrogens (tertiary/aromatic N) is 2. The van der Waals surface area contributed by atoms with E-state index in [1.165, 1.54) is 13.3 Å². The highest BCUT2D eigenvalue weighted by Crippen LogP contribution is 2.20. The lowest BCUT2D eigenvalue weighted by atomic mass is 10.3. The van der Waals surface area contributed by atoms with E-state index in [0.29, 0.717) is 5.76 Å². The highest BCUT2D eigenvalue weighted by molar-refractivity contribution is 6.03. The molecule has 0 aliphatic carbocycles. The van der Waals surface area contributed by atoms with Crippen molar-refractivity contribution in [2.24, 2.45) is 7.05 Å². The predicted molar refractivity (Wildman–Crippen MR) is 67.8 cm³/mol. The molecule has 118 valence electrons. The van der Waals surface area contributed by atoms with Crippen LogP contribution in [0.5, 0.6) is 0 Å². The number of alkyl halides is 3. The van der Waals surface area contributed by atoms with Gasteiger partial charge in [-0.3, -0.25) is 14.3 Å². The summed E-state index contributed by atoms with van der Waals surface area (Å²) in [6.45, 7) is 0.0453. The summed E-state index contributed by atoms with van der Waals surface area (Å²) in [5, 5.41) is 7.74. The molecule has 2 aromatic rings. The van der Waals surface area contributed by atoms with Crippen LogP contribution in [0.1, 0.15) is 16.2 Å². The number of amides is 2. The molecule has 0 radical (unpaired) electrons. The summed E-state index contributed by atoms with van der Waals surface area (Å²) in [5.41, 5.74) is -0.536. The molecule has 2 heterocycles. The molecule has 0 atom stereocenters. The van der Waals surface area contributed by atoms with Crippen molar-refractivity contribution in [1.82, 2.24) is 15.1 Å². The van der Waals surface area contributed by atoms with Gasteiger partial charge in [0.1, 0.15) is 11.5 Å². The molecule has 0 bridgehead atoms. The Balaban J connectivity index is 2.11. The standard InChI is InChI=1S/C12H11F3N4O3/c1-19-9(10(20)16-5-7-3-2-4-22-7)8(6-17-19)18-11(21)12(13,14)15/h2-4,6H,5H2,1H3,(H,16,20)(H,18,21). The van der Waals surface area contributed by atoms with E-state index in [1.54, 1.807) is 17.4 Å². The number of carbonyl (C=O) groups excluding carboxylic acids is 2. The first-order chi connectivity index (χ1) is 10.3. The van der Waals surface area contributed by atoms with Crippen molar-refractivity contribution in [2.45, 2.75) is 12.7 Å². The quantitative estimate of drug-likeness (QED) is 0.893. The molecular formula is C12H11F3N4O3. The van der Waals surface area contributed by atoms with Gasteiger partial charge in [-0.2, -0.15) is 18.3 Å². The molecule has 2 amide bonds. The Kier molecular flexibility index (Phi) is 4.20. The van der Waals surface area contributed by atoms with E-state index in [2.05, 4.69) is 10.4 Å². The van der Waals surface area contributed by atoms with Gasteiger partial charge in [-0.15, -0.1) is 0 Å². The largest absolute Gasteiger partial charge is 0.471 e. The topological polar surface area (TPSA) is 89.2 Å².